The molecule has 29 heteroatoms. The average molecular weight is 1770 g/mol. The second-order valence-corrected chi connectivity index (χ2v) is 36.1. The Hall–Kier alpha value is -8.29. The maximum atomic E-state index is 13.3. The number of alkyl halides is 12. The molecule has 636 valence electrons. The Labute approximate surface area is 721 Å². The summed E-state index contributed by atoms with van der Waals surface area (Å²) in [5.74, 6) is 0.0596. The Bertz CT molecular complexity index is 5140. The van der Waals surface area contributed by atoms with Gasteiger partial charge in [-0.25, -0.2) is 0 Å². The Kier molecular flexibility index (Phi) is 30.9. The van der Waals surface area contributed by atoms with E-state index in [0.29, 0.717) is 55.1 Å². The number of anilines is 10. The maximum absolute atomic E-state index is 13.3. The van der Waals surface area contributed by atoms with Gasteiger partial charge in [0.15, 0.2) is 0 Å². The molecule has 11 nitrogen and oxygen atoms in total. The Morgan fingerprint density at radius 2 is 0.667 bits per heavy atom. The van der Waals surface area contributed by atoms with Gasteiger partial charge in [0.05, 0.1) is 79.1 Å². The lowest BCUT2D eigenvalue weighted by molar-refractivity contribution is -0.138. The fourth-order valence-corrected chi connectivity index (χ4v) is 19.8. The number of amides is 1. The van der Waals surface area contributed by atoms with Crippen LogP contribution in [0.25, 0.3) is 0 Å². The first-order chi connectivity index (χ1) is 57.2. The summed E-state index contributed by atoms with van der Waals surface area (Å²) >= 11 is 14.1. The minimum atomic E-state index is -4.37. The number of benzene rings is 10. The number of nitrogens with zero attached hydrogens (tertiary/aromatic N) is 9. The van der Waals surface area contributed by atoms with Crippen molar-refractivity contribution in [2.24, 2.45) is 0 Å². The number of fused-ring (bicyclic) bond motifs is 10. The van der Waals surface area contributed by atoms with Gasteiger partial charge in [0.25, 0.3) is 0 Å². The molecular weight excluding hydrogens is 1670 g/mol. The van der Waals surface area contributed by atoms with Crippen molar-refractivity contribution in [2.75, 3.05) is 146 Å². The molecule has 0 aromatic heterocycles. The van der Waals surface area contributed by atoms with Crippen LogP contribution in [0.1, 0.15) is 73.6 Å². The van der Waals surface area contributed by atoms with Crippen LogP contribution in [0.15, 0.2) is 261 Å². The molecule has 1 N–H and O–H groups in total. The Balaban J connectivity index is 0.000000139. The quantitative estimate of drug-likeness (QED) is 0.0617. The number of carbonyl (C=O) groups excluding carboxylic acids is 1. The zero-order chi connectivity index (χ0) is 85.6. The molecule has 0 bridgehead atoms. The van der Waals surface area contributed by atoms with Crippen LogP contribution in [0.4, 0.5) is 110 Å². The molecule has 6 heterocycles. The number of hydrogen-bond acceptors (Lipinski definition) is 15. The van der Waals surface area contributed by atoms with Crippen molar-refractivity contribution in [2.45, 2.75) is 125 Å². The first-order valence-electron chi connectivity index (χ1n) is 39.5. The summed E-state index contributed by atoms with van der Waals surface area (Å²) in [4.78, 5) is 41.1. The highest BCUT2D eigenvalue weighted by molar-refractivity contribution is 8.00. The highest BCUT2D eigenvalue weighted by atomic mass is 35.5. The molecule has 1 amide bonds. The van der Waals surface area contributed by atoms with Crippen LogP contribution in [-0.4, -0.2) is 152 Å². The normalized spacial score (nSPS) is 14.5. The second-order valence-electron chi connectivity index (χ2n) is 30.2. The second kappa shape index (κ2) is 40.8. The number of nitrogens with one attached hydrogen (secondary N) is 1. The van der Waals surface area contributed by atoms with Gasteiger partial charge < -0.3 is 49.4 Å². The van der Waals surface area contributed by atoms with Crippen LogP contribution in [0.5, 0.6) is 0 Å². The minimum absolute atomic E-state index is 0.0596. The molecule has 1 fully saturated rings. The van der Waals surface area contributed by atoms with E-state index in [4.69, 9.17) is 11.6 Å². The summed E-state index contributed by atoms with van der Waals surface area (Å²) < 4.78 is 157. The first-order valence-corrected chi connectivity index (χ1v) is 44.0. The van der Waals surface area contributed by atoms with E-state index in [9.17, 15) is 57.5 Å². The molecule has 10 aromatic rings. The lowest BCUT2D eigenvalue weighted by Crippen LogP contribution is -2.45. The monoisotopic (exact) mass is 1770 g/mol. The van der Waals surface area contributed by atoms with Gasteiger partial charge in [0.1, 0.15) is 0 Å². The van der Waals surface area contributed by atoms with Gasteiger partial charge in [-0.1, -0.05) is 137 Å². The van der Waals surface area contributed by atoms with Crippen LogP contribution >= 0.6 is 70.4 Å². The number of rotatable bonds is 19. The number of carbonyl (C=O) groups is 1. The van der Waals surface area contributed by atoms with Gasteiger partial charge in [-0.15, -0.1) is 0 Å². The number of para-hydroxylation sites is 5. The summed E-state index contributed by atoms with van der Waals surface area (Å²) in [6.45, 7) is 10.3. The number of piperazine rings is 1. The van der Waals surface area contributed by atoms with Crippen LogP contribution in [-0.2, 0) is 29.5 Å². The number of halogens is 13. The molecule has 120 heavy (non-hydrogen) atoms. The fourth-order valence-electron chi connectivity index (χ4n) is 14.3. The summed E-state index contributed by atoms with van der Waals surface area (Å²) in [6, 6.07) is 61.7. The third-order valence-electron chi connectivity index (χ3n) is 20.6. The smallest absolute Gasteiger partial charge is 0.354 e. The molecule has 0 radical (unpaired) electrons. The van der Waals surface area contributed by atoms with E-state index in [1.54, 1.807) is 49.0 Å². The number of likely N-dealkylation sites (N-methyl/N-ethyl adjacent to an activating group) is 1. The van der Waals surface area contributed by atoms with E-state index in [1.165, 1.54) is 92.8 Å². The predicted octanol–water partition coefficient (Wildman–Crippen LogP) is 26.4. The first kappa shape index (κ1) is 90.9. The van der Waals surface area contributed by atoms with Crippen LogP contribution in [0, 0.1) is 0 Å². The van der Waals surface area contributed by atoms with E-state index in [-0.39, 0.29) is 5.91 Å². The predicted molar refractivity (Wildman–Crippen MR) is 468 cm³/mol. The molecule has 0 aliphatic carbocycles. The molecule has 6 aliphatic heterocycles. The minimum Gasteiger partial charge on any atom is -0.354 e. The van der Waals surface area contributed by atoms with Crippen molar-refractivity contribution in [1.29, 1.82) is 0 Å². The lowest BCUT2D eigenvalue weighted by atomic mass is 10.1. The molecule has 0 saturated carbocycles. The average Bonchev–Trinajstić information content (AvgIpc) is 0.386. The molecule has 0 spiro atoms. The molecule has 0 unspecified atom stereocenters. The van der Waals surface area contributed by atoms with E-state index in [0.717, 1.165) is 176 Å². The Morgan fingerprint density at radius 3 is 1.08 bits per heavy atom. The zero-order valence-electron chi connectivity index (χ0n) is 67.5. The highest BCUT2D eigenvalue weighted by Crippen LogP contribution is 2.55. The van der Waals surface area contributed by atoms with Crippen molar-refractivity contribution in [1.82, 2.24) is 24.5 Å². The largest absolute Gasteiger partial charge is 0.416 e. The molecule has 6 aliphatic rings. The van der Waals surface area contributed by atoms with Gasteiger partial charge in [0, 0.05) is 127 Å². The van der Waals surface area contributed by atoms with E-state index < -0.39 is 47.0 Å². The van der Waals surface area contributed by atoms with Gasteiger partial charge in [-0.05, 0) is 245 Å². The van der Waals surface area contributed by atoms with Crippen LogP contribution in [0.3, 0.4) is 0 Å². The SMILES string of the molecule is CN(C)C(=O)CCCCN1c2ccccc2Sc2ccc(C(F)(F)F)cc21.CN(C)CCCCCN1c2ccccc2Sc2ccc(C(F)(F)F)cc21.CN(C)CCCN1c2ccccc2Sc2ccc(Cl)cc21.CN1CCN(CCCN2c3ccccc3Sc3ccc(C(F)(F)F)cc32)CC1.FC(F)(F)c1ccc2c(c1)Nc1ccccc1S2. The third-order valence-corrected chi connectivity index (χ3v) is 26.5. The van der Waals surface area contributed by atoms with Crippen molar-refractivity contribution in [3.8, 4) is 0 Å². The fraction of sp³-hybridized carbons (Fsp3) is 0.330. The molecule has 16 rings (SSSR count). The van der Waals surface area contributed by atoms with Crippen LogP contribution < -0.4 is 24.9 Å². The van der Waals surface area contributed by atoms with Gasteiger partial charge in [-0.2, -0.15) is 52.7 Å². The van der Waals surface area contributed by atoms with Gasteiger partial charge >= 0.3 is 24.7 Å². The van der Waals surface area contributed by atoms with Gasteiger partial charge in [0.2, 0.25) is 5.91 Å². The highest BCUT2D eigenvalue weighted by Gasteiger charge is 2.38. The van der Waals surface area contributed by atoms with Crippen LogP contribution in [0.2, 0.25) is 5.02 Å². The third kappa shape index (κ3) is 23.9. The summed E-state index contributed by atoms with van der Waals surface area (Å²) in [7, 11) is 13.9. The molecule has 10 aromatic carbocycles. The Morgan fingerprint density at radius 1 is 0.342 bits per heavy atom. The summed E-state index contributed by atoms with van der Waals surface area (Å²) in [6.07, 6.45) is -10.4. The number of unbranched alkanes of at least 4 members (excludes halogenated alkanes) is 3. The summed E-state index contributed by atoms with van der Waals surface area (Å²) in [5.41, 5.74) is 6.22. The zero-order valence-corrected chi connectivity index (χ0v) is 72.4. The van der Waals surface area contributed by atoms with Crippen molar-refractivity contribution in [3.05, 3.63) is 240 Å². The van der Waals surface area contributed by atoms with Crippen molar-refractivity contribution < 1.29 is 57.5 Å². The maximum Gasteiger partial charge on any atom is 0.416 e. The van der Waals surface area contributed by atoms with E-state index in [2.05, 4.69) is 92.3 Å². The van der Waals surface area contributed by atoms with Gasteiger partial charge in [-0.3, -0.25) is 4.79 Å². The lowest BCUT2D eigenvalue weighted by Gasteiger charge is -2.35. The molecule has 0 atom stereocenters. The summed E-state index contributed by atoms with van der Waals surface area (Å²) in [5, 5.41) is 3.83. The van der Waals surface area contributed by atoms with E-state index >= 15 is 0 Å². The molecular formula is C91H95ClF12N10OS5. The van der Waals surface area contributed by atoms with Crippen molar-refractivity contribution >= 4 is 133 Å². The standard InChI is InChI=1S/C21H24F3N3S.C20H21F3N2OS.C20H23F3N2S.C17H19ClN2S.C13H8F3NS/c1-25-11-13-26(14-12-25)9-4-10-27-17-5-2-3-6-19(17)28-20-8-7-16(15-18(20)27)21(22,23)24;1-24(2)19(26)9-5-6-12-25-15-7-3-4-8-17(15)27-18-11-10-14(13-16(18)25)20(21,22)23;1-24(2)12-6-3-7-13-25-16-8-4-5-9-18(16)26-19-11-10-15(14-17(19)25)20(21,22)23;1-19(2)10-5-11-20-14-6-3-4-7-16(14)21-17-9-8-13(18)12-15(17)20;14-13(15,16)8-5-6-12-10(7-8)17-9-3-1-2-4-11(9)18-12/h2-3,5-8,15H,4,9-14H2,1H3;3-4,7-8,10-11,13H,5-6,9,12H2,1-2H3;4-5,8-11,14H,3,6-7,12-13H2,1-2H3;3-4,6-9,12H,5,10-11H2,1-2H3;1-7,17H. The van der Waals surface area contributed by atoms with Crippen molar-refractivity contribution in [3.63, 3.8) is 0 Å². The topological polar surface area (TPSA) is 58.3 Å². The molecule has 1 saturated heterocycles. The number of hydrogen-bond donors (Lipinski definition) is 1. The van der Waals surface area contributed by atoms with E-state index in [1.807, 2.05) is 139 Å².